The largest absolute Gasteiger partial charge is 0.370 e. The molecule has 2 aliphatic heterocycles. The molecule has 6 nitrogen and oxygen atoms in total. The van der Waals surface area contributed by atoms with Crippen molar-refractivity contribution in [2.75, 3.05) is 10.6 Å². The van der Waals surface area contributed by atoms with Crippen molar-refractivity contribution in [3.63, 3.8) is 0 Å². The molecule has 0 fully saturated rings. The minimum absolute atomic E-state index is 0.288. The average molecular weight is 459 g/mol. The Morgan fingerprint density at radius 3 is 1.63 bits per heavy atom. The van der Waals surface area contributed by atoms with Crippen LogP contribution in [-0.2, 0) is 35.5 Å². The van der Waals surface area contributed by atoms with Crippen LogP contribution in [-0.4, -0.2) is 16.3 Å². The lowest BCUT2D eigenvalue weighted by atomic mass is 9.93. The van der Waals surface area contributed by atoms with Crippen LogP contribution in [0.2, 0.25) is 0 Å². The summed E-state index contributed by atoms with van der Waals surface area (Å²) >= 11 is 8.51. The third-order valence-corrected chi connectivity index (χ3v) is 7.70. The highest BCUT2D eigenvalue weighted by Gasteiger charge is 2.33. The highest BCUT2D eigenvalue weighted by Crippen LogP contribution is 2.42. The molecule has 2 aromatic rings. The zero-order chi connectivity index (χ0) is 21.7. The molecular weight excluding hydrogens is 436 g/mol. The van der Waals surface area contributed by atoms with Crippen molar-refractivity contribution in [2.24, 2.45) is 0 Å². The minimum atomic E-state index is -0.288. The smallest absolute Gasteiger partial charge is 0.176 e. The molecule has 2 N–H and O–H groups in total. The van der Waals surface area contributed by atoms with E-state index < -0.39 is 0 Å². The van der Waals surface area contributed by atoms with Gasteiger partial charge >= 0.3 is 0 Å². The Labute approximate surface area is 189 Å². The molecule has 0 bridgehead atoms. The van der Waals surface area contributed by atoms with E-state index in [1.165, 1.54) is 22.7 Å². The van der Waals surface area contributed by atoms with E-state index in [0.29, 0.717) is 52.3 Å². The van der Waals surface area contributed by atoms with Crippen LogP contribution in [0, 0.1) is 22.7 Å². The molecule has 0 aromatic carbocycles. The van der Waals surface area contributed by atoms with Gasteiger partial charge in [-0.15, -0.1) is 22.7 Å². The first kappa shape index (κ1) is 21.2. The second-order valence-electron chi connectivity index (χ2n) is 8.67. The molecule has 0 spiro atoms. The lowest BCUT2D eigenvalue weighted by molar-refractivity contribution is -0.0386. The lowest BCUT2D eigenvalue weighted by Gasteiger charge is -2.29. The maximum Gasteiger partial charge on any atom is 0.176 e. The number of hydrogen-bond acceptors (Lipinski definition) is 7. The van der Waals surface area contributed by atoms with Gasteiger partial charge in [-0.25, -0.2) is 0 Å². The summed E-state index contributed by atoms with van der Waals surface area (Å²) in [6.45, 7) is 9.11. The fourth-order valence-corrected chi connectivity index (χ4v) is 6.26. The number of nitrogens with zero attached hydrogens (tertiary/aromatic N) is 2. The van der Waals surface area contributed by atoms with Gasteiger partial charge in [-0.3, -0.25) is 0 Å². The second kappa shape index (κ2) is 7.60. The van der Waals surface area contributed by atoms with Crippen LogP contribution in [0.5, 0.6) is 0 Å². The number of thiophene rings is 2. The monoisotopic (exact) mass is 458 g/mol. The number of thiocarbonyl (C=S) groups is 1. The maximum atomic E-state index is 9.74. The van der Waals surface area contributed by atoms with Crippen LogP contribution in [0.25, 0.3) is 0 Å². The predicted molar refractivity (Wildman–Crippen MR) is 123 cm³/mol. The SMILES string of the molecule is CC1(C)Cc2c(sc(NC(=S)Nc3sc4c(c3C#N)CC(C)(C)OC4)c2C#N)CO1. The van der Waals surface area contributed by atoms with Gasteiger partial charge in [0.25, 0.3) is 0 Å². The van der Waals surface area contributed by atoms with Crippen molar-refractivity contribution in [3.05, 3.63) is 32.0 Å². The summed E-state index contributed by atoms with van der Waals surface area (Å²) in [4.78, 5) is 2.11. The van der Waals surface area contributed by atoms with E-state index in [4.69, 9.17) is 21.7 Å². The number of anilines is 2. The Hall–Kier alpha value is -2.01. The van der Waals surface area contributed by atoms with Crippen molar-refractivity contribution < 1.29 is 9.47 Å². The van der Waals surface area contributed by atoms with Crippen LogP contribution in [0.1, 0.15) is 59.7 Å². The van der Waals surface area contributed by atoms with Crippen molar-refractivity contribution in [2.45, 2.75) is 65.0 Å². The van der Waals surface area contributed by atoms with Crippen LogP contribution < -0.4 is 10.6 Å². The fraction of sp³-hybridized carbons (Fsp3) is 0.476. The fourth-order valence-electron chi connectivity index (χ4n) is 3.76. The molecule has 156 valence electrons. The van der Waals surface area contributed by atoms with Crippen LogP contribution in [0.3, 0.4) is 0 Å². The van der Waals surface area contributed by atoms with Gasteiger partial charge in [0.15, 0.2) is 5.11 Å². The van der Waals surface area contributed by atoms with Gasteiger partial charge in [0, 0.05) is 22.6 Å². The summed E-state index contributed by atoms with van der Waals surface area (Å²) in [6.07, 6.45) is 1.38. The quantitative estimate of drug-likeness (QED) is 0.608. The predicted octanol–water partition coefficient (Wildman–Crippen LogP) is 5.06. The topological polar surface area (TPSA) is 90.1 Å². The molecule has 2 aliphatic rings. The molecule has 4 rings (SSSR count). The highest BCUT2D eigenvalue weighted by molar-refractivity contribution is 7.80. The summed E-state index contributed by atoms with van der Waals surface area (Å²) in [5.41, 5.74) is 2.74. The first-order valence-corrected chi connectivity index (χ1v) is 11.6. The third kappa shape index (κ3) is 3.96. The van der Waals surface area contributed by atoms with E-state index in [-0.39, 0.29) is 11.2 Å². The summed E-state index contributed by atoms with van der Waals surface area (Å²) < 4.78 is 11.8. The molecule has 0 unspecified atom stereocenters. The molecule has 30 heavy (non-hydrogen) atoms. The Kier molecular flexibility index (Phi) is 5.38. The molecule has 0 amide bonds. The van der Waals surface area contributed by atoms with Gasteiger partial charge < -0.3 is 20.1 Å². The molecule has 4 heterocycles. The van der Waals surface area contributed by atoms with Gasteiger partial charge in [0.1, 0.15) is 22.1 Å². The number of ether oxygens (including phenoxy) is 2. The highest BCUT2D eigenvalue weighted by atomic mass is 32.1. The van der Waals surface area contributed by atoms with Gasteiger partial charge in [-0.2, -0.15) is 10.5 Å². The van der Waals surface area contributed by atoms with Gasteiger partial charge in [-0.1, -0.05) is 0 Å². The summed E-state index contributed by atoms with van der Waals surface area (Å²) in [6, 6.07) is 4.64. The minimum Gasteiger partial charge on any atom is -0.370 e. The van der Waals surface area contributed by atoms with Crippen molar-refractivity contribution in [3.8, 4) is 12.1 Å². The number of fused-ring (bicyclic) bond motifs is 2. The average Bonchev–Trinajstić information content (AvgIpc) is 3.15. The van der Waals surface area contributed by atoms with E-state index in [9.17, 15) is 10.5 Å². The zero-order valence-corrected chi connectivity index (χ0v) is 19.7. The number of hydrogen-bond donors (Lipinski definition) is 2. The summed E-state index contributed by atoms with van der Waals surface area (Å²) in [5, 5.41) is 27.6. The van der Waals surface area contributed by atoms with E-state index >= 15 is 0 Å². The van der Waals surface area contributed by atoms with Crippen molar-refractivity contribution >= 4 is 50.0 Å². The molecule has 0 saturated heterocycles. The zero-order valence-electron chi connectivity index (χ0n) is 17.3. The van der Waals surface area contributed by atoms with E-state index in [1.807, 2.05) is 27.7 Å². The normalized spacial score (nSPS) is 18.5. The third-order valence-electron chi connectivity index (χ3n) is 5.25. The van der Waals surface area contributed by atoms with Crippen LogP contribution in [0.15, 0.2) is 0 Å². The number of rotatable bonds is 2. The molecular formula is C21H22N4O2S3. The molecule has 2 aromatic heterocycles. The van der Waals surface area contributed by atoms with Crippen LogP contribution in [0.4, 0.5) is 10.0 Å². The van der Waals surface area contributed by atoms with E-state index in [0.717, 1.165) is 20.9 Å². The number of nitriles is 2. The van der Waals surface area contributed by atoms with Gasteiger partial charge in [-0.05, 0) is 51.0 Å². The van der Waals surface area contributed by atoms with E-state index in [2.05, 4.69) is 22.8 Å². The first-order valence-electron chi connectivity index (χ1n) is 9.57. The molecule has 0 atom stereocenters. The standard InChI is InChI=1S/C21H22N4O2S3/c1-20(2)5-11-13(7-22)17(29-15(11)9-26-20)24-19(28)25-18-14(8-23)12-6-21(3,4)27-10-16(12)30-18/h5-6,9-10H2,1-4H3,(H2,24,25,28). The Morgan fingerprint density at radius 2 is 1.27 bits per heavy atom. The van der Waals surface area contributed by atoms with Gasteiger partial charge in [0.05, 0.1) is 35.5 Å². The second-order valence-corrected chi connectivity index (χ2v) is 11.3. The van der Waals surface area contributed by atoms with Crippen molar-refractivity contribution in [1.82, 2.24) is 0 Å². The maximum absolute atomic E-state index is 9.74. The summed E-state index contributed by atoms with van der Waals surface area (Å²) in [5.74, 6) is 0. The Balaban J connectivity index is 1.56. The molecule has 0 radical (unpaired) electrons. The Bertz CT molecular complexity index is 1030. The molecule has 0 saturated carbocycles. The van der Waals surface area contributed by atoms with Gasteiger partial charge in [0.2, 0.25) is 0 Å². The lowest BCUT2D eigenvalue weighted by Crippen LogP contribution is -2.31. The molecule has 0 aliphatic carbocycles. The molecule has 9 heteroatoms. The van der Waals surface area contributed by atoms with Crippen molar-refractivity contribution in [1.29, 1.82) is 10.5 Å². The van der Waals surface area contributed by atoms with Crippen LogP contribution >= 0.6 is 34.9 Å². The Morgan fingerprint density at radius 1 is 0.867 bits per heavy atom. The first-order chi connectivity index (χ1) is 14.1. The van der Waals surface area contributed by atoms with E-state index in [1.54, 1.807) is 0 Å². The number of nitrogens with one attached hydrogen (secondary N) is 2. The summed E-state index contributed by atoms with van der Waals surface area (Å²) in [7, 11) is 0.